The van der Waals surface area contributed by atoms with E-state index in [2.05, 4.69) is 19.2 Å². The molecule has 3 unspecified atom stereocenters. The molecule has 1 fully saturated rings. The zero-order valence-electron chi connectivity index (χ0n) is 11.1. The number of hydrogen-bond acceptors (Lipinski definition) is 4. The van der Waals surface area contributed by atoms with Crippen LogP contribution in [0.15, 0.2) is 0 Å². The van der Waals surface area contributed by atoms with Gasteiger partial charge in [-0.15, -0.1) is 0 Å². The molecule has 0 bridgehead atoms. The smallest absolute Gasteiger partial charge is 0.0869 e. The highest BCUT2D eigenvalue weighted by molar-refractivity contribution is 5.02. The fourth-order valence-electron chi connectivity index (χ4n) is 2.33. The van der Waals surface area contributed by atoms with E-state index in [0.29, 0.717) is 19.1 Å². The van der Waals surface area contributed by atoms with Crippen LogP contribution in [-0.2, 0) is 0 Å². The first-order valence-electron chi connectivity index (χ1n) is 5.94. The molecule has 4 heteroatoms. The van der Waals surface area contributed by atoms with Gasteiger partial charge in [0.25, 0.3) is 0 Å². The van der Waals surface area contributed by atoms with E-state index < -0.39 is 5.60 Å². The van der Waals surface area contributed by atoms with Gasteiger partial charge in [-0.1, -0.05) is 13.8 Å². The molecule has 0 aliphatic heterocycles. The summed E-state index contributed by atoms with van der Waals surface area (Å²) >= 11 is 0. The third kappa shape index (κ3) is 3.17. The van der Waals surface area contributed by atoms with Gasteiger partial charge in [-0.05, 0) is 27.4 Å². The van der Waals surface area contributed by atoms with Gasteiger partial charge in [0.05, 0.1) is 11.7 Å². The highest BCUT2D eigenvalue weighted by Crippen LogP contribution is 2.40. The van der Waals surface area contributed by atoms with E-state index in [4.69, 9.17) is 0 Å². The quantitative estimate of drug-likeness (QED) is 0.624. The molecule has 96 valence electrons. The Balaban J connectivity index is 2.35. The van der Waals surface area contributed by atoms with Crippen molar-refractivity contribution in [3.8, 4) is 0 Å². The molecule has 0 aromatic carbocycles. The summed E-state index contributed by atoms with van der Waals surface area (Å²) in [6.45, 7) is 7.14. The average Bonchev–Trinajstić information content (AvgIpc) is 2.09. The minimum absolute atomic E-state index is 0.0752. The Bertz CT molecular complexity index is 239. The summed E-state index contributed by atoms with van der Waals surface area (Å²) in [7, 11) is 3.90. The molecule has 1 saturated carbocycles. The molecule has 0 heterocycles. The van der Waals surface area contributed by atoms with Crippen LogP contribution in [0.5, 0.6) is 0 Å². The average molecular weight is 230 g/mol. The molecule has 16 heavy (non-hydrogen) atoms. The molecule has 0 radical (unpaired) electrons. The van der Waals surface area contributed by atoms with Crippen LogP contribution in [0.4, 0.5) is 0 Å². The summed E-state index contributed by atoms with van der Waals surface area (Å²) < 4.78 is 0. The first kappa shape index (κ1) is 13.9. The van der Waals surface area contributed by atoms with Gasteiger partial charge in [-0.2, -0.15) is 0 Å². The third-order valence-corrected chi connectivity index (χ3v) is 3.60. The first-order chi connectivity index (χ1) is 7.15. The second-order valence-electron chi connectivity index (χ2n) is 6.24. The topological polar surface area (TPSA) is 55.7 Å². The largest absolute Gasteiger partial charge is 0.392 e. The number of aliphatic hydroxyl groups excluding tert-OH is 1. The van der Waals surface area contributed by atoms with Crippen LogP contribution in [0, 0.1) is 5.41 Å². The van der Waals surface area contributed by atoms with Crippen molar-refractivity contribution in [1.29, 1.82) is 0 Å². The van der Waals surface area contributed by atoms with Crippen LogP contribution in [0.2, 0.25) is 0 Å². The first-order valence-corrected chi connectivity index (χ1v) is 5.94. The van der Waals surface area contributed by atoms with Crippen molar-refractivity contribution in [3.05, 3.63) is 0 Å². The Morgan fingerprint density at radius 3 is 2.38 bits per heavy atom. The number of nitrogens with zero attached hydrogens (tertiary/aromatic N) is 1. The lowest BCUT2D eigenvalue weighted by atomic mass is 9.64. The van der Waals surface area contributed by atoms with Gasteiger partial charge in [0.15, 0.2) is 0 Å². The Labute approximate surface area is 98.6 Å². The van der Waals surface area contributed by atoms with Crippen molar-refractivity contribution in [2.45, 2.75) is 44.9 Å². The van der Waals surface area contributed by atoms with Crippen LogP contribution >= 0.6 is 0 Å². The molecule has 3 atom stereocenters. The lowest BCUT2D eigenvalue weighted by Gasteiger charge is -2.50. The van der Waals surface area contributed by atoms with E-state index in [1.54, 1.807) is 0 Å². The zero-order valence-corrected chi connectivity index (χ0v) is 11.1. The van der Waals surface area contributed by atoms with Crippen molar-refractivity contribution in [2.75, 3.05) is 27.2 Å². The van der Waals surface area contributed by atoms with E-state index in [0.717, 1.165) is 6.42 Å². The molecule has 1 rings (SSSR count). The summed E-state index contributed by atoms with van der Waals surface area (Å²) in [5, 5.41) is 23.1. The summed E-state index contributed by atoms with van der Waals surface area (Å²) in [6, 6.07) is 0.302. The van der Waals surface area contributed by atoms with E-state index >= 15 is 0 Å². The lowest BCUT2D eigenvalue weighted by Crippen LogP contribution is -2.62. The second-order valence-corrected chi connectivity index (χ2v) is 6.24. The van der Waals surface area contributed by atoms with Crippen LogP contribution in [0.3, 0.4) is 0 Å². The molecule has 3 N–H and O–H groups in total. The van der Waals surface area contributed by atoms with E-state index in [9.17, 15) is 10.2 Å². The fourth-order valence-corrected chi connectivity index (χ4v) is 2.33. The molecular formula is C12H26N2O2. The molecule has 1 aliphatic rings. The maximum Gasteiger partial charge on any atom is 0.0869 e. The molecule has 0 aromatic heterocycles. The molecule has 0 aromatic rings. The lowest BCUT2D eigenvalue weighted by molar-refractivity contribution is -0.0801. The third-order valence-electron chi connectivity index (χ3n) is 3.60. The van der Waals surface area contributed by atoms with Gasteiger partial charge in [0, 0.05) is 24.5 Å². The Morgan fingerprint density at radius 2 is 2.00 bits per heavy atom. The number of aliphatic hydroxyl groups is 2. The summed E-state index contributed by atoms with van der Waals surface area (Å²) in [5.41, 5.74) is -0.797. The van der Waals surface area contributed by atoms with Gasteiger partial charge >= 0.3 is 0 Å². The monoisotopic (exact) mass is 230 g/mol. The van der Waals surface area contributed by atoms with Crippen molar-refractivity contribution in [3.63, 3.8) is 0 Å². The predicted molar refractivity (Wildman–Crippen MR) is 65.4 cm³/mol. The normalized spacial score (nSPS) is 32.2. The summed E-state index contributed by atoms with van der Waals surface area (Å²) in [4.78, 5) is 1.97. The Hall–Kier alpha value is -0.160. The van der Waals surface area contributed by atoms with Crippen LogP contribution < -0.4 is 5.32 Å². The van der Waals surface area contributed by atoms with E-state index in [1.807, 2.05) is 25.9 Å². The van der Waals surface area contributed by atoms with Crippen molar-refractivity contribution < 1.29 is 10.2 Å². The highest BCUT2D eigenvalue weighted by atomic mass is 16.3. The standard InChI is InChI=1S/C12H26N2O2/c1-11(2)9(6-10(11)15)13-7-12(3,16)8-14(4)5/h9-10,13,15-16H,6-8H2,1-5H3. The van der Waals surface area contributed by atoms with Crippen molar-refractivity contribution >= 4 is 0 Å². The fraction of sp³-hybridized carbons (Fsp3) is 1.00. The highest BCUT2D eigenvalue weighted by Gasteiger charge is 2.47. The molecular weight excluding hydrogens is 204 g/mol. The molecule has 4 nitrogen and oxygen atoms in total. The van der Waals surface area contributed by atoms with Gasteiger partial charge < -0.3 is 20.4 Å². The molecule has 0 spiro atoms. The number of likely N-dealkylation sites (N-methyl/N-ethyl adjacent to an activating group) is 1. The van der Waals surface area contributed by atoms with Crippen LogP contribution in [0.1, 0.15) is 27.2 Å². The Morgan fingerprint density at radius 1 is 1.44 bits per heavy atom. The van der Waals surface area contributed by atoms with E-state index in [1.165, 1.54) is 0 Å². The van der Waals surface area contributed by atoms with Gasteiger partial charge in [0.2, 0.25) is 0 Å². The predicted octanol–water partition coefficient (Wildman–Crippen LogP) is 0.0480. The second kappa shape index (κ2) is 4.61. The maximum absolute atomic E-state index is 10.1. The molecule has 0 amide bonds. The number of hydrogen-bond donors (Lipinski definition) is 3. The summed E-state index contributed by atoms with van der Waals surface area (Å²) in [6.07, 6.45) is 0.564. The summed E-state index contributed by atoms with van der Waals surface area (Å²) in [5.74, 6) is 0. The minimum atomic E-state index is -0.722. The zero-order chi connectivity index (χ0) is 12.6. The van der Waals surface area contributed by atoms with Crippen LogP contribution in [0.25, 0.3) is 0 Å². The van der Waals surface area contributed by atoms with Crippen molar-refractivity contribution in [1.82, 2.24) is 10.2 Å². The van der Waals surface area contributed by atoms with E-state index in [-0.39, 0.29) is 11.5 Å². The van der Waals surface area contributed by atoms with Gasteiger partial charge in [-0.3, -0.25) is 0 Å². The Kier molecular flexibility index (Phi) is 4.00. The number of rotatable bonds is 5. The van der Waals surface area contributed by atoms with Crippen molar-refractivity contribution in [2.24, 2.45) is 5.41 Å². The minimum Gasteiger partial charge on any atom is -0.392 e. The SMILES string of the molecule is CN(C)CC(C)(O)CNC1CC(O)C1(C)C. The maximum atomic E-state index is 10.1. The number of nitrogens with one attached hydrogen (secondary N) is 1. The van der Waals surface area contributed by atoms with Gasteiger partial charge in [-0.25, -0.2) is 0 Å². The molecule has 0 saturated heterocycles. The molecule has 1 aliphatic carbocycles. The van der Waals surface area contributed by atoms with Gasteiger partial charge in [0.1, 0.15) is 0 Å². The van der Waals surface area contributed by atoms with Crippen LogP contribution in [-0.4, -0.2) is 60.0 Å².